The van der Waals surface area contributed by atoms with Crippen LogP contribution >= 0.6 is 0 Å². The molecule has 0 aromatic heterocycles. The predicted molar refractivity (Wildman–Crippen MR) is 71.8 cm³/mol. The molecule has 0 spiro atoms. The van der Waals surface area contributed by atoms with Crippen LogP contribution < -0.4 is 5.32 Å². The van der Waals surface area contributed by atoms with Crippen LogP contribution in [0.25, 0.3) is 0 Å². The van der Waals surface area contributed by atoms with Crippen LogP contribution in [0.2, 0.25) is 0 Å². The van der Waals surface area contributed by atoms with E-state index in [1.807, 2.05) is 19.1 Å². The molecule has 1 fully saturated rings. The fraction of sp³-hybridized carbons (Fsp3) is 0.538. The number of sulfonamides is 1. The molecule has 0 saturated heterocycles. The lowest BCUT2D eigenvalue weighted by atomic mass is 10.2. The highest BCUT2D eigenvalue weighted by molar-refractivity contribution is 7.89. The maximum Gasteiger partial charge on any atom is 0.243 e. The monoisotopic (exact) mass is 268 g/mol. The highest BCUT2D eigenvalue weighted by Gasteiger charge is 2.24. The molecule has 0 bridgehead atoms. The Balaban J connectivity index is 2.25. The summed E-state index contributed by atoms with van der Waals surface area (Å²) in [6, 6.07) is 7.80. The van der Waals surface area contributed by atoms with Crippen molar-refractivity contribution in [3.63, 3.8) is 0 Å². The Morgan fingerprint density at radius 2 is 2.00 bits per heavy atom. The Labute approximate surface area is 109 Å². The van der Waals surface area contributed by atoms with E-state index in [2.05, 4.69) is 5.32 Å². The second-order valence-electron chi connectivity index (χ2n) is 4.68. The van der Waals surface area contributed by atoms with Gasteiger partial charge < -0.3 is 5.32 Å². The molecule has 1 aromatic rings. The van der Waals surface area contributed by atoms with Gasteiger partial charge in [-0.3, -0.25) is 0 Å². The van der Waals surface area contributed by atoms with E-state index in [1.165, 1.54) is 17.1 Å². The number of nitrogens with zero attached hydrogens (tertiary/aromatic N) is 1. The number of hydrogen-bond donors (Lipinski definition) is 1. The van der Waals surface area contributed by atoms with Crippen LogP contribution in [-0.4, -0.2) is 32.4 Å². The fourth-order valence-electron chi connectivity index (χ4n) is 1.78. The molecule has 0 radical (unpaired) electrons. The molecule has 100 valence electrons. The van der Waals surface area contributed by atoms with Gasteiger partial charge in [0.2, 0.25) is 10.0 Å². The van der Waals surface area contributed by atoms with Crippen LogP contribution in [0.3, 0.4) is 0 Å². The van der Waals surface area contributed by atoms with Crippen LogP contribution in [0.5, 0.6) is 0 Å². The fourth-order valence-corrected chi connectivity index (χ4v) is 3.18. The Morgan fingerprint density at radius 1 is 1.33 bits per heavy atom. The first-order valence-electron chi connectivity index (χ1n) is 6.33. The van der Waals surface area contributed by atoms with Crippen molar-refractivity contribution in [1.29, 1.82) is 0 Å². The molecule has 0 heterocycles. The van der Waals surface area contributed by atoms with Crippen LogP contribution in [0, 0.1) is 0 Å². The largest absolute Gasteiger partial charge is 0.310 e. The molecule has 5 heteroatoms. The van der Waals surface area contributed by atoms with E-state index in [1.54, 1.807) is 19.2 Å². The molecule has 2 rings (SSSR count). The molecule has 4 nitrogen and oxygen atoms in total. The van der Waals surface area contributed by atoms with Gasteiger partial charge in [0.25, 0.3) is 0 Å². The van der Waals surface area contributed by atoms with Gasteiger partial charge in [-0.1, -0.05) is 25.1 Å². The van der Waals surface area contributed by atoms with Crippen LogP contribution in [-0.2, 0) is 16.6 Å². The average Bonchev–Trinajstić information content (AvgIpc) is 3.19. The van der Waals surface area contributed by atoms with Crippen LogP contribution in [0.15, 0.2) is 29.2 Å². The lowest BCUT2D eigenvalue weighted by molar-refractivity contribution is 0.485. The van der Waals surface area contributed by atoms with Crippen molar-refractivity contribution in [3.8, 4) is 0 Å². The van der Waals surface area contributed by atoms with Crippen molar-refractivity contribution in [2.75, 3.05) is 13.6 Å². The van der Waals surface area contributed by atoms with Gasteiger partial charge in [0.1, 0.15) is 0 Å². The molecule has 1 aliphatic carbocycles. The summed E-state index contributed by atoms with van der Waals surface area (Å²) in [4.78, 5) is 0.419. The lowest BCUT2D eigenvalue weighted by Gasteiger charge is -2.17. The van der Waals surface area contributed by atoms with Gasteiger partial charge in [-0.05, 0) is 24.5 Å². The van der Waals surface area contributed by atoms with Gasteiger partial charge in [0, 0.05) is 26.2 Å². The zero-order chi connectivity index (χ0) is 13.2. The number of nitrogens with one attached hydrogen (secondary N) is 1. The molecule has 1 N–H and O–H groups in total. The quantitative estimate of drug-likeness (QED) is 0.852. The van der Waals surface area contributed by atoms with Crippen molar-refractivity contribution < 1.29 is 8.42 Å². The minimum absolute atomic E-state index is 0.419. The molecule has 18 heavy (non-hydrogen) atoms. The molecule has 1 aromatic carbocycles. The first kappa shape index (κ1) is 13.5. The Bertz CT molecular complexity index is 509. The molecule has 0 aliphatic heterocycles. The summed E-state index contributed by atoms with van der Waals surface area (Å²) in [7, 11) is -1.74. The third-order valence-corrected chi connectivity index (χ3v) is 5.30. The molecule has 1 aliphatic rings. The molecular weight excluding hydrogens is 248 g/mol. The van der Waals surface area contributed by atoms with Crippen molar-refractivity contribution >= 4 is 10.0 Å². The molecule has 0 amide bonds. The topological polar surface area (TPSA) is 49.4 Å². The second-order valence-corrected chi connectivity index (χ2v) is 6.70. The normalized spacial score (nSPS) is 16.2. The molecule has 1 saturated carbocycles. The summed E-state index contributed by atoms with van der Waals surface area (Å²) in [6.45, 7) is 2.94. The van der Waals surface area contributed by atoms with E-state index in [0.29, 0.717) is 24.0 Å². The van der Waals surface area contributed by atoms with Crippen molar-refractivity contribution in [3.05, 3.63) is 29.8 Å². The maximum absolute atomic E-state index is 12.3. The average molecular weight is 268 g/mol. The molecule has 0 atom stereocenters. The first-order valence-corrected chi connectivity index (χ1v) is 7.77. The molecular formula is C13H20N2O2S. The third-order valence-electron chi connectivity index (χ3n) is 3.26. The Kier molecular flexibility index (Phi) is 4.04. The van der Waals surface area contributed by atoms with Crippen molar-refractivity contribution in [1.82, 2.24) is 9.62 Å². The van der Waals surface area contributed by atoms with E-state index in [4.69, 9.17) is 0 Å². The number of benzene rings is 1. The number of rotatable bonds is 6. The lowest BCUT2D eigenvalue weighted by Crippen LogP contribution is -2.28. The molecule has 0 unspecified atom stereocenters. The van der Waals surface area contributed by atoms with Crippen LogP contribution in [0.4, 0.5) is 0 Å². The smallest absolute Gasteiger partial charge is 0.243 e. The zero-order valence-corrected chi connectivity index (χ0v) is 11.7. The highest BCUT2D eigenvalue weighted by atomic mass is 32.2. The third kappa shape index (κ3) is 2.91. The van der Waals surface area contributed by atoms with E-state index < -0.39 is 10.0 Å². The first-order chi connectivity index (χ1) is 8.55. The minimum atomic E-state index is -3.35. The summed E-state index contributed by atoms with van der Waals surface area (Å²) in [5, 5.41) is 3.36. The van der Waals surface area contributed by atoms with E-state index in [9.17, 15) is 8.42 Å². The summed E-state index contributed by atoms with van der Waals surface area (Å²) < 4.78 is 26.1. The van der Waals surface area contributed by atoms with Gasteiger partial charge in [-0.25, -0.2) is 12.7 Å². The predicted octanol–water partition coefficient (Wildman–Crippen LogP) is 1.58. The Morgan fingerprint density at radius 3 is 2.61 bits per heavy atom. The summed E-state index contributed by atoms with van der Waals surface area (Å²) in [6.07, 6.45) is 2.40. The van der Waals surface area contributed by atoms with Gasteiger partial charge >= 0.3 is 0 Å². The van der Waals surface area contributed by atoms with Gasteiger partial charge in [-0.2, -0.15) is 0 Å². The van der Waals surface area contributed by atoms with Gasteiger partial charge in [0.05, 0.1) is 4.90 Å². The SMILES string of the molecule is CCN(C)S(=O)(=O)c1ccccc1CNC1CC1. The summed E-state index contributed by atoms with van der Waals surface area (Å²) in [5.74, 6) is 0. The maximum atomic E-state index is 12.3. The highest BCUT2D eigenvalue weighted by Crippen LogP contribution is 2.22. The minimum Gasteiger partial charge on any atom is -0.310 e. The van der Waals surface area contributed by atoms with E-state index in [0.717, 1.165) is 5.56 Å². The summed E-state index contributed by atoms with van der Waals surface area (Å²) >= 11 is 0. The zero-order valence-electron chi connectivity index (χ0n) is 10.9. The van der Waals surface area contributed by atoms with Crippen molar-refractivity contribution in [2.24, 2.45) is 0 Å². The second kappa shape index (κ2) is 5.38. The Hall–Kier alpha value is -0.910. The van der Waals surface area contributed by atoms with E-state index >= 15 is 0 Å². The van der Waals surface area contributed by atoms with Gasteiger partial charge in [0.15, 0.2) is 0 Å². The standard InChI is InChI=1S/C13H20N2O2S/c1-3-15(2)18(16,17)13-7-5-4-6-11(13)10-14-12-8-9-12/h4-7,12,14H,3,8-10H2,1-2H3. The summed E-state index contributed by atoms with van der Waals surface area (Å²) in [5.41, 5.74) is 0.852. The van der Waals surface area contributed by atoms with Gasteiger partial charge in [-0.15, -0.1) is 0 Å². The van der Waals surface area contributed by atoms with E-state index in [-0.39, 0.29) is 0 Å². The van der Waals surface area contributed by atoms with Crippen molar-refractivity contribution in [2.45, 2.75) is 37.2 Å². The van der Waals surface area contributed by atoms with Crippen LogP contribution in [0.1, 0.15) is 25.3 Å². The number of hydrogen-bond acceptors (Lipinski definition) is 3.